The molecule has 0 spiro atoms. The molecule has 1 fully saturated rings. The molecule has 0 bridgehead atoms. The van der Waals surface area contributed by atoms with Crippen LogP contribution in [0.15, 0.2) is 17.0 Å². The number of halogens is 1. The molecule has 110 valence electrons. The first-order valence-corrected chi connectivity index (χ1v) is 7.86. The van der Waals surface area contributed by atoms with Gasteiger partial charge in [-0.3, -0.25) is 4.79 Å². The topological polar surface area (TPSA) is 80.5 Å². The van der Waals surface area contributed by atoms with Gasteiger partial charge in [0, 0.05) is 24.2 Å². The van der Waals surface area contributed by atoms with E-state index in [-0.39, 0.29) is 22.1 Å². The van der Waals surface area contributed by atoms with Gasteiger partial charge >= 0.3 is 0 Å². The van der Waals surface area contributed by atoms with E-state index < -0.39 is 21.7 Å². The molecule has 5 nitrogen and oxygen atoms in total. The summed E-state index contributed by atoms with van der Waals surface area (Å²) in [4.78, 5) is 13.4. The molecule has 1 aliphatic carbocycles. The van der Waals surface area contributed by atoms with Gasteiger partial charge in [-0.05, 0) is 38.3 Å². The first kappa shape index (κ1) is 14.9. The van der Waals surface area contributed by atoms with Crippen molar-refractivity contribution in [1.82, 2.24) is 4.90 Å². The average Bonchev–Trinajstić information content (AvgIpc) is 2.27. The molecule has 1 aromatic rings. The Balaban J connectivity index is 2.42. The molecule has 1 amide bonds. The third kappa shape index (κ3) is 2.69. The van der Waals surface area contributed by atoms with E-state index in [1.807, 2.05) is 0 Å². The van der Waals surface area contributed by atoms with Gasteiger partial charge in [0.25, 0.3) is 5.91 Å². The number of nitrogens with two attached hydrogens (primary N) is 1. The number of amides is 1. The van der Waals surface area contributed by atoms with Crippen molar-refractivity contribution in [2.75, 3.05) is 7.05 Å². The Bertz CT molecular complexity index is 654. The van der Waals surface area contributed by atoms with Gasteiger partial charge in [-0.25, -0.2) is 17.9 Å². The molecule has 0 heterocycles. The summed E-state index contributed by atoms with van der Waals surface area (Å²) >= 11 is 0. The summed E-state index contributed by atoms with van der Waals surface area (Å²) in [5, 5.41) is 5.05. The van der Waals surface area contributed by atoms with Crippen LogP contribution in [0.25, 0.3) is 0 Å². The molecule has 0 unspecified atom stereocenters. The molecule has 20 heavy (non-hydrogen) atoms. The fraction of sp³-hybridized carbons (Fsp3) is 0.462. The lowest BCUT2D eigenvalue weighted by molar-refractivity contribution is 0.0651. The molecule has 0 aromatic heterocycles. The van der Waals surface area contributed by atoms with Gasteiger partial charge in [0.1, 0.15) is 5.82 Å². The number of sulfonamides is 1. The minimum absolute atomic E-state index is 0.00604. The first-order valence-electron chi connectivity index (χ1n) is 6.32. The van der Waals surface area contributed by atoms with Gasteiger partial charge in [-0.2, -0.15) is 0 Å². The number of benzene rings is 1. The Morgan fingerprint density at radius 1 is 1.40 bits per heavy atom. The van der Waals surface area contributed by atoms with E-state index in [1.54, 1.807) is 7.05 Å². The molecule has 0 saturated heterocycles. The highest BCUT2D eigenvalue weighted by atomic mass is 32.2. The molecule has 2 N–H and O–H groups in total. The van der Waals surface area contributed by atoms with Crippen LogP contribution in [0, 0.1) is 12.7 Å². The van der Waals surface area contributed by atoms with Crippen molar-refractivity contribution in [3.8, 4) is 0 Å². The molecule has 1 aromatic carbocycles. The van der Waals surface area contributed by atoms with Crippen LogP contribution in [0.3, 0.4) is 0 Å². The highest BCUT2D eigenvalue weighted by Gasteiger charge is 2.28. The number of carbonyl (C=O) groups is 1. The Hall–Kier alpha value is -1.47. The van der Waals surface area contributed by atoms with E-state index in [2.05, 4.69) is 0 Å². The van der Waals surface area contributed by atoms with Crippen molar-refractivity contribution in [1.29, 1.82) is 0 Å². The third-order valence-corrected chi connectivity index (χ3v) is 4.83. The van der Waals surface area contributed by atoms with Crippen LogP contribution in [0.4, 0.5) is 4.39 Å². The molecular formula is C13H17FN2O3S. The average molecular weight is 300 g/mol. The molecule has 0 atom stereocenters. The normalized spacial score (nSPS) is 15.8. The van der Waals surface area contributed by atoms with Crippen LogP contribution in [0.2, 0.25) is 0 Å². The lowest BCUT2D eigenvalue weighted by atomic mass is 9.91. The highest BCUT2D eigenvalue weighted by molar-refractivity contribution is 7.89. The molecule has 0 radical (unpaired) electrons. The highest BCUT2D eigenvalue weighted by Crippen LogP contribution is 2.26. The van der Waals surface area contributed by atoms with E-state index in [4.69, 9.17) is 5.14 Å². The fourth-order valence-electron chi connectivity index (χ4n) is 2.22. The predicted octanol–water partition coefficient (Wildman–Crippen LogP) is 1.41. The molecule has 7 heteroatoms. The van der Waals surface area contributed by atoms with E-state index in [0.717, 1.165) is 31.4 Å². The van der Waals surface area contributed by atoms with Crippen LogP contribution in [0.1, 0.15) is 35.2 Å². The van der Waals surface area contributed by atoms with Gasteiger partial charge in [0.15, 0.2) is 0 Å². The number of rotatable bonds is 3. The van der Waals surface area contributed by atoms with E-state index in [9.17, 15) is 17.6 Å². The standard InChI is InChI=1S/C13H17FN2O3S/c1-8-11(14)6-9(7-12(8)20(15,18)19)13(17)16(2)10-4-3-5-10/h6-7,10H,3-5H2,1-2H3,(H2,15,18,19). The molecular weight excluding hydrogens is 283 g/mol. The second kappa shape index (κ2) is 5.14. The Morgan fingerprint density at radius 2 is 2.00 bits per heavy atom. The van der Waals surface area contributed by atoms with Crippen LogP contribution in [-0.4, -0.2) is 32.3 Å². The monoisotopic (exact) mass is 300 g/mol. The van der Waals surface area contributed by atoms with E-state index in [1.165, 1.54) is 11.8 Å². The quantitative estimate of drug-likeness (QED) is 0.916. The van der Waals surface area contributed by atoms with Gasteiger partial charge < -0.3 is 4.90 Å². The summed E-state index contributed by atoms with van der Waals surface area (Å²) in [6, 6.07) is 2.34. The maximum Gasteiger partial charge on any atom is 0.253 e. The summed E-state index contributed by atoms with van der Waals surface area (Å²) in [6.07, 6.45) is 2.89. The summed E-state index contributed by atoms with van der Waals surface area (Å²) in [6.45, 7) is 1.32. The SMILES string of the molecule is Cc1c(F)cc(C(=O)N(C)C2CCC2)cc1S(N)(=O)=O. The van der Waals surface area contributed by atoms with Crippen LogP contribution in [0.5, 0.6) is 0 Å². The smallest absolute Gasteiger partial charge is 0.253 e. The maximum atomic E-state index is 13.8. The molecule has 1 aliphatic rings. The Labute approximate surface area is 117 Å². The number of nitrogens with zero attached hydrogens (tertiary/aromatic N) is 1. The van der Waals surface area contributed by atoms with Crippen molar-refractivity contribution in [2.24, 2.45) is 5.14 Å². The molecule has 1 saturated carbocycles. The van der Waals surface area contributed by atoms with Crippen molar-refractivity contribution < 1.29 is 17.6 Å². The van der Waals surface area contributed by atoms with Gasteiger partial charge in [0.2, 0.25) is 10.0 Å². The molecule has 0 aliphatic heterocycles. The minimum atomic E-state index is -4.06. The summed E-state index contributed by atoms with van der Waals surface area (Å²) in [5.41, 5.74) is -0.0677. The summed E-state index contributed by atoms with van der Waals surface area (Å²) < 4.78 is 36.7. The largest absolute Gasteiger partial charge is 0.339 e. The van der Waals surface area contributed by atoms with Crippen molar-refractivity contribution >= 4 is 15.9 Å². The maximum absolute atomic E-state index is 13.8. The second-order valence-electron chi connectivity index (χ2n) is 5.13. The third-order valence-electron chi connectivity index (χ3n) is 3.79. The van der Waals surface area contributed by atoms with E-state index >= 15 is 0 Å². The lowest BCUT2D eigenvalue weighted by Crippen LogP contribution is -2.41. The second-order valence-corrected chi connectivity index (χ2v) is 6.66. The number of primary sulfonamides is 1. The van der Waals surface area contributed by atoms with Gasteiger partial charge in [0.05, 0.1) is 4.90 Å². The predicted molar refractivity (Wildman–Crippen MR) is 72.2 cm³/mol. The number of hydrogen-bond donors (Lipinski definition) is 1. The summed E-state index contributed by atoms with van der Waals surface area (Å²) in [7, 11) is -2.42. The zero-order chi connectivity index (χ0) is 15.1. The van der Waals surface area contributed by atoms with Gasteiger partial charge in [-0.1, -0.05) is 0 Å². The van der Waals surface area contributed by atoms with Crippen LogP contribution < -0.4 is 5.14 Å². The fourth-order valence-corrected chi connectivity index (χ4v) is 3.03. The zero-order valence-corrected chi connectivity index (χ0v) is 12.2. The van der Waals surface area contributed by atoms with Crippen molar-refractivity contribution in [2.45, 2.75) is 37.1 Å². The van der Waals surface area contributed by atoms with Crippen LogP contribution >= 0.6 is 0 Å². The zero-order valence-electron chi connectivity index (χ0n) is 11.4. The van der Waals surface area contributed by atoms with Crippen molar-refractivity contribution in [3.63, 3.8) is 0 Å². The minimum Gasteiger partial charge on any atom is -0.339 e. The van der Waals surface area contributed by atoms with Crippen LogP contribution in [-0.2, 0) is 10.0 Å². The number of carbonyl (C=O) groups excluding carboxylic acids is 1. The Kier molecular flexibility index (Phi) is 3.84. The number of hydrogen-bond acceptors (Lipinski definition) is 3. The summed E-state index contributed by atoms with van der Waals surface area (Å²) in [5.74, 6) is -1.14. The molecule has 2 rings (SSSR count). The lowest BCUT2D eigenvalue weighted by Gasteiger charge is -2.34. The van der Waals surface area contributed by atoms with Crippen molar-refractivity contribution in [3.05, 3.63) is 29.1 Å². The van der Waals surface area contributed by atoms with Gasteiger partial charge in [-0.15, -0.1) is 0 Å². The first-order chi connectivity index (χ1) is 9.21. The Morgan fingerprint density at radius 3 is 2.45 bits per heavy atom. The van der Waals surface area contributed by atoms with E-state index in [0.29, 0.717) is 0 Å².